The van der Waals surface area contributed by atoms with Crippen molar-refractivity contribution in [3.63, 3.8) is 0 Å². The molecule has 0 fully saturated rings. The van der Waals surface area contributed by atoms with Crippen molar-refractivity contribution < 1.29 is 14.3 Å². The van der Waals surface area contributed by atoms with Gasteiger partial charge in [-0.3, -0.25) is 4.79 Å². The molecule has 0 aliphatic carbocycles. The van der Waals surface area contributed by atoms with E-state index in [-0.39, 0.29) is 5.91 Å². The van der Waals surface area contributed by atoms with E-state index in [0.29, 0.717) is 30.1 Å². The number of methoxy groups -OCH3 is 2. The molecule has 33 heavy (non-hydrogen) atoms. The van der Waals surface area contributed by atoms with Crippen molar-refractivity contribution in [1.29, 1.82) is 0 Å². The lowest BCUT2D eigenvalue weighted by atomic mass is 9.98. The molecule has 0 radical (unpaired) electrons. The molecule has 1 aliphatic heterocycles. The number of hydrogen-bond acceptors (Lipinski definition) is 4. The van der Waals surface area contributed by atoms with Crippen LogP contribution < -0.4 is 9.47 Å². The summed E-state index contributed by atoms with van der Waals surface area (Å²) in [5.74, 6) is 1.43. The van der Waals surface area contributed by atoms with Crippen LogP contribution in [0, 0.1) is 0 Å². The second kappa shape index (κ2) is 8.82. The Balaban J connectivity index is 1.56. The van der Waals surface area contributed by atoms with Gasteiger partial charge in [0.25, 0.3) is 5.91 Å². The minimum atomic E-state index is -0.0495. The van der Waals surface area contributed by atoms with Crippen molar-refractivity contribution >= 4 is 5.91 Å². The summed E-state index contributed by atoms with van der Waals surface area (Å²) in [6.45, 7) is 1.19. The minimum Gasteiger partial charge on any atom is -0.497 e. The van der Waals surface area contributed by atoms with Crippen molar-refractivity contribution in [2.45, 2.75) is 13.0 Å². The molecular formula is C27H25N3O3. The minimum absolute atomic E-state index is 0.0495. The van der Waals surface area contributed by atoms with Gasteiger partial charge in [0.05, 0.1) is 25.5 Å². The Morgan fingerprint density at radius 2 is 1.70 bits per heavy atom. The summed E-state index contributed by atoms with van der Waals surface area (Å²) in [6.07, 6.45) is 2.63. The van der Waals surface area contributed by atoms with E-state index in [0.717, 1.165) is 29.0 Å². The summed E-state index contributed by atoms with van der Waals surface area (Å²) < 4.78 is 12.7. The molecule has 6 nitrogen and oxygen atoms in total. The van der Waals surface area contributed by atoms with E-state index in [1.165, 1.54) is 5.56 Å². The van der Waals surface area contributed by atoms with Crippen molar-refractivity contribution in [1.82, 2.24) is 14.7 Å². The lowest BCUT2D eigenvalue weighted by Gasteiger charge is -2.29. The summed E-state index contributed by atoms with van der Waals surface area (Å²) in [5.41, 5.74) is 5.21. The fourth-order valence-corrected chi connectivity index (χ4v) is 4.29. The molecule has 0 N–H and O–H groups in total. The highest BCUT2D eigenvalue weighted by molar-refractivity contribution is 6.00. The van der Waals surface area contributed by atoms with Crippen LogP contribution >= 0.6 is 0 Å². The van der Waals surface area contributed by atoms with Crippen LogP contribution in [0.5, 0.6) is 11.5 Å². The van der Waals surface area contributed by atoms with Gasteiger partial charge >= 0.3 is 0 Å². The maximum absolute atomic E-state index is 13.8. The van der Waals surface area contributed by atoms with Crippen LogP contribution in [-0.4, -0.2) is 41.4 Å². The third kappa shape index (κ3) is 3.96. The van der Waals surface area contributed by atoms with E-state index >= 15 is 0 Å². The summed E-state index contributed by atoms with van der Waals surface area (Å²) in [5, 5.41) is 4.82. The van der Waals surface area contributed by atoms with Crippen LogP contribution in [0.3, 0.4) is 0 Å². The van der Waals surface area contributed by atoms with E-state index in [2.05, 4.69) is 6.07 Å². The average Bonchev–Trinajstić information content (AvgIpc) is 3.33. The van der Waals surface area contributed by atoms with E-state index < -0.39 is 0 Å². The van der Waals surface area contributed by atoms with Crippen molar-refractivity contribution in [3.05, 3.63) is 95.7 Å². The largest absolute Gasteiger partial charge is 0.497 e. The monoisotopic (exact) mass is 439 g/mol. The number of carbonyl (C=O) groups is 1. The van der Waals surface area contributed by atoms with Crippen LogP contribution in [-0.2, 0) is 13.0 Å². The first-order valence-corrected chi connectivity index (χ1v) is 10.9. The predicted molar refractivity (Wildman–Crippen MR) is 127 cm³/mol. The van der Waals surface area contributed by atoms with Crippen LogP contribution in [0.4, 0.5) is 0 Å². The number of carbonyl (C=O) groups excluding carboxylic acids is 1. The first kappa shape index (κ1) is 20.8. The highest BCUT2D eigenvalue weighted by Crippen LogP contribution is 2.33. The quantitative estimate of drug-likeness (QED) is 0.450. The van der Waals surface area contributed by atoms with Gasteiger partial charge in [-0.1, -0.05) is 36.4 Å². The van der Waals surface area contributed by atoms with Crippen molar-refractivity contribution in [2.24, 2.45) is 0 Å². The normalized spacial score (nSPS) is 12.8. The Bertz CT molecular complexity index is 1300. The first-order chi connectivity index (χ1) is 16.2. The van der Waals surface area contributed by atoms with Crippen molar-refractivity contribution in [2.75, 3.05) is 20.8 Å². The van der Waals surface area contributed by atoms with Gasteiger partial charge in [-0.2, -0.15) is 5.10 Å². The predicted octanol–water partition coefficient (Wildman–Crippen LogP) is 4.76. The second-order valence-electron chi connectivity index (χ2n) is 7.98. The molecule has 0 saturated carbocycles. The number of hydrogen-bond donors (Lipinski definition) is 0. The summed E-state index contributed by atoms with van der Waals surface area (Å²) in [7, 11) is 3.29. The van der Waals surface area contributed by atoms with Crippen LogP contribution in [0.2, 0.25) is 0 Å². The van der Waals surface area contributed by atoms with E-state index in [4.69, 9.17) is 14.6 Å². The molecule has 4 aromatic rings. The van der Waals surface area contributed by atoms with Crippen molar-refractivity contribution in [3.8, 4) is 28.4 Å². The van der Waals surface area contributed by atoms with Gasteiger partial charge in [0, 0.05) is 24.8 Å². The molecule has 6 heteroatoms. The van der Waals surface area contributed by atoms with E-state index in [1.54, 1.807) is 18.9 Å². The molecule has 2 heterocycles. The topological polar surface area (TPSA) is 56.6 Å². The highest BCUT2D eigenvalue weighted by Gasteiger charge is 2.27. The Morgan fingerprint density at radius 1 is 0.909 bits per heavy atom. The molecule has 0 saturated heterocycles. The number of amides is 1. The molecule has 1 aliphatic rings. The SMILES string of the molecule is COc1ccc2c(c1)CN(C(=O)c1cn(-c3ccccc3)nc1-c1ccccc1OC)CC2. The molecule has 1 aromatic heterocycles. The summed E-state index contributed by atoms with van der Waals surface area (Å²) in [4.78, 5) is 15.7. The molecule has 3 aromatic carbocycles. The zero-order chi connectivity index (χ0) is 22.8. The maximum atomic E-state index is 13.8. The summed E-state index contributed by atoms with van der Waals surface area (Å²) in [6, 6.07) is 23.5. The zero-order valence-corrected chi connectivity index (χ0v) is 18.7. The fraction of sp³-hybridized carbons (Fsp3) is 0.185. The van der Waals surface area contributed by atoms with E-state index in [9.17, 15) is 4.79 Å². The van der Waals surface area contributed by atoms with Gasteiger partial charge in [-0.25, -0.2) is 4.68 Å². The molecule has 1 amide bonds. The maximum Gasteiger partial charge on any atom is 0.258 e. The Kier molecular flexibility index (Phi) is 5.57. The standard InChI is InChI=1S/C27H25N3O3/c1-32-22-13-12-19-14-15-29(17-20(19)16-22)27(31)24-18-30(21-8-4-3-5-9-21)28-26(24)23-10-6-7-11-25(23)33-2/h3-13,16,18H,14-15,17H2,1-2H3. The molecule has 166 valence electrons. The lowest BCUT2D eigenvalue weighted by Crippen LogP contribution is -2.36. The highest BCUT2D eigenvalue weighted by atomic mass is 16.5. The number of aromatic nitrogens is 2. The zero-order valence-electron chi connectivity index (χ0n) is 18.7. The Morgan fingerprint density at radius 3 is 2.48 bits per heavy atom. The Hall–Kier alpha value is -4.06. The van der Waals surface area contributed by atoms with E-state index in [1.807, 2.05) is 77.8 Å². The molecule has 5 rings (SSSR count). The van der Waals surface area contributed by atoms with Gasteiger partial charge in [-0.15, -0.1) is 0 Å². The number of para-hydroxylation sites is 2. The average molecular weight is 440 g/mol. The number of benzene rings is 3. The number of nitrogens with zero attached hydrogens (tertiary/aromatic N) is 3. The van der Waals surface area contributed by atoms with Gasteiger partial charge in [-0.05, 0) is 53.9 Å². The van der Waals surface area contributed by atoms with Gasteiger partial charge in [0.1, 0.15) is 17.2 Å². The fourth-order valence-electron chi connectivity index (χ4n) is 4.29. The van der Waals surface area contributed by atoms with Crippen LogP contribution in [0.25, 0.3) is 16.9 Å². The Labute approximate surface area is 193 Å². The second-order valence-corrected chi connectivity index (χ2v) is 7.98. The third-order valence-electron chi connectivity index (χ3n) is 6.04. The van der Waals surface area contributed by atoms with Gasteiger partial charge < -0.3 is 14.4 Å². The molecular weight excluding hydrogens is 414 g/mol. The molecule has 0 unspecified atom stereocenters. The first-order valence-electron chi connectivity index (χ1n) is 10.9. The number of rotatable bonds is 5. The van der Waals surface area contributed by atoms with Gasteiger partial charge in [0.15, 0.2) is 0 Å². The van der Waals surface area contributed by atoms with Gasteiger partial charge in [0.2, 0.25) is 0 Å². The lowest BCUT2D eigenvalue weighted by molar-refractivity contribution is 0.0735. The number of ether oxygens (including phenoxy) is 2. The smallest absolute Gasteiger partial charge is 0.258 e. The van der Waals surface area contributed by atoms with Crippen LogP contribution in [0.15, 0.2) is 79.0 Å². The molecule has 0 atom stereocenters. The molecule has 0 spiro atoms. The third-order valence-corrected chi connectivity index (χ3v) is 6.04. The number of fused-ring (bicyclic) bond motifs is 1. The molecule has 0 bridgehead atoms. The van der Waals surface area contributed by atoms with Crippen LogP contribution in [0.1, 0.15) is 21.5 Å². The summed E-state index contributed by atoms with van der Waals surface area (Å²) >= 11 is 0.